The molecule has 0 spiro atoms. The van der Waals surface area contributed by atoms with Crippen LogP contribution in [0, 0.1) is 0 Å². The van der Waals surface area contributed by atoms with E-state index in [2.05, 4.69) is 57.2 Å². The fourth-order valence-electron chi connectivity index (χ4n) is 8.82. The van der Waals surface area contributed by atoms with Crippen molar-refractivity contribution in [2.45, 2.75) is 329 Å². The van der Waals surface area contributed by atoms with Crippen LogP contribution >= 0.6 is 0 Å². The highest BCUT2D eigenvalue weighted by Gasteiger charge is 2.19. The molecule has 1 atom stereocenters. The molecule has 0 fully saturated rings. The molecule has 0 N–H and O–H groups in total. The summed E-state index contributed by atoms with van der Waals surface area (Å²) in [5.41, 5.74) is 0. The molecule has 6 nitrogen and oxygen atoms in total. The molecule has 0 bridgehead atoms. The largest absolute Gasteiger partial charge is 0.462 e. The van der Waals surface area contributed by atoms with Gasteiger partial charge in [0, 0.05) is 19.3 Å². The second-order valence-electron chi connectivity index (χ2n) is 20.3. The maximum Gasteiger partial charge on any atom is 0.306 e. The third-order valence-electron chi connectivity index (χ3n) is 13.4. The lowest BCUT2D eigenvalue weighted by Crippen LogP contribution is -2.30. The van der Waals surface area contributed by atoms with E-state index in [1.54, 1.807) is 0 Å². The maximum absolute atomic E-state index is 12.8. The van der Waals surface area contributed by atoms with E-state index in [0.29, 0.717) is 19.3 Å². The molecule has 1 unspecified atom stereocenters. The van der Waals surface area contributed by atoms with Crippen molar-refractivity contribution in [1.82, 2.24) is 0 Å². The average molecular weight is 956 g/mol. The van der Waals surface area contributed by atoms with Crippen LogP contribution < -0.4 is 0 Å². The van der Waals surface area contributed by atoms with Gasteiger partial charge < -0.3 is 14.2 Å². The fourth-order valence-corrected chi connectivity index (χ4v) is 8.82. The quantitative estimate of drug-likeness (QED) is 0.0262. The molecule has 0 amide bonds. The molecular weight excluding hydrogens is 841 g/mol. The van der Waals surface area contributed by atoms with Crippen molar-refractivity contribution in [3.63, 3.8) is 0 Å². The zero-order valence-electron chi connectivity index (χ0n) is 45.6. The first-order valence-corrected chi connectivity index (χ1v) is 30.0. The van der Waals surface area contributed by atoms with Crippen molar-refractivity contribution in [2.75, 3.05) is 13.2 Å². The molecule has 0 aliphatic rings. The zero-order chi connectivity index (χ0) is 49.3. The van der Waals surface area contributed by atoms with Crippen molar-refractivity contribution in [2.24, 2.45) is 0 Å². The molecule has 0 aliphatic carbocycles. The molecule has 0 heterocycles. The summed E-state index contributed by atoms with van der Waals surface area (Å²) in [6.45, 7) is 6.63. The van der Waals surface area contributed by atoms with Crippen LogP contribution in [0.2, 0.25) is 0 Å². The van der Waals surface area contributed by atoms with Gasteiger partial charge in [-0.25, -0.2) is 0 Å². The fraction of sp³-hybridized carbons (Fsp3) is 0.855. The molecule has 0 radical (unpaired) electrons. The lowest BCUT2D eigenvalue weighted by atomic mass is 10.0. The van der Waals surface area contributed by atoms with Gasteiger partial charge in [0.25, 0.3) is 0 Å². The normalized spacial score (nSPS) is 12.2. The van der Waals surface area contributed by atoms with Crippen LogP contribution in [0.1, 0.15) is 323 Å². The zero-order valence-corrected chi connectivity index (χ0v) is 45.6. The minimum Gasteiger partial charge on any atom is -0.462 e. The first-order valence-electron chi connectivity index (χ1n) is 30.0. The van der Waals surface area contributed by atoms with E-state index in [1.807, 2.05) is 0 Å². The van der Waals surface area contributed by atoms with Gasteiger partial charge in [-0.1, -0.05) is 263 Å². The van der Waals surface area contributed by atoms with Gasteiger partial charge in [0.2, 0.25) is 0 Å². The molecule has 0 aromatic rings. The molecule has 0 rings (SSSR count). The summed E-state index contributed by atoms with van der Waals surface area (Å²) in [5, 5.41) is 0. The SMILES string of the molecule is CCCCCCC/C=C\C/C=C\CCCCCCCCCCCCCCCC(=O)OCC(COC(=O)CCCCCCCCCC)OC(=O)CCCCCCCCC/C=C\CCCCCCCC. The van der Waals surface area contributed by atoms with Crippen LogP contribution in [-0.4, -0.2) is 37.2 Å². The van der Waals surface area contributed by atoms with Gasteiger partial charge in [0.1, 0.15) is 13.2 Å². The Bertz CT molecular complexity index is 1140. The lowest BCUT2D eigenvalue weighted by molar-refractivity contribution is -0.167. The number of carbonyl (C=O) groups is 3. The molecule has 6 heteroatoms. The summed E-state index contributed by atoms with van der Waals surface area (Å²) in [5.74, 6) is -0.864. The van der Waals surface area contributed by atoms with Crippen molar-refractivity contribution >= 4 is 17.9 Å². The summed E-state index contributed by atoms with van der Waals surface area (Å²) in [4.78, 5) is 38.0. The van der Waals surface area contributed by atoms with Crippen molar-refractivity contribution < 1.29 is 28.6 Å². The van der Waals surface area contributed by atoms with Crippen LogP contribution in [0.15, 0.2) is 36.5 Å². The van der Waals surface area contributed by atoms with E-state index < -0.39 is 6.10 Å². The molecule has 0 saturated carbocycles. The van der Waals surface area contributed by atoms with Gasteiger partial charge in [-0.3, -0.25) is 14.4 Å². The number of unbranched alkanes of at least 4 members (excludes halogenated alkanes) is 38. The number of allylic oxidation sites excluding steroid dienone is 6. The first kappa shape index (κ1) is 65.6. The minimum atomic E-state index is -0.770. The Hall–Kier alpha value is -2.37. The minimum absolute atomic E-state index is 0.0707. The van der Waals surface area contributed by atoms with Crippen LogP contribution in [0.3, 0.4) is 0 Å². The van der Waals surface area contributed by atoms with Gasteiger partial charge in [0.15, 0.2) is 6.10 Å². The Morgan fingerprint density at radius 1 is 0.294 bits per heavy atom. The summed E-state index contributed by atoms with van der Waals surface area (Å²) >= 11 is 0. The number of hydrogen-bond donors (Lipinski definition) is 0. The van der Waals surface area contributed by atoms with Gasteiger partial charge in [-0.15, -0.1) is 0 Å². The predicted molar refractivity (Wildman–Crippen MR) is 293 cm³/mol. The Morgan fingerprint density at radius 2 is 0.529 bits per heavy atom. The summed E-state index contributed by atoms with van der Waals surface area (Å²) in [7, 11) is 0. The molecule has 398 valence electrons. The highest BCUT2D eigenvalue weighted by Crippen LogP contribution is 2.16. The third-order valence-corrected chi connectivity index (χ3v) is 13.4. The van der Waals surface area contributed by atoms with Crippen LogP contribution in [0.4, 0.5) is 0 Å². The van der Waals surface area contributed by atoms with Gasteiger partial charge in [-0.05, 0) is 77.0 Å². The van der Waals surface area contributed by atoms with E-state index in [1.165, 1.54) is 218 Å². The lowest BCUT2D eigenvalue weighted by Gasteiger charge is -2.18. The van der Waals surface area contributed by atoms with Crippen LogP contribution in [0.25, 0.3) is 0 Å². The highest BCUT2D eigenvalue weighted by molar-refractivity contribution is 5.71. The van der Waals surface area contributed by atoms with E-state index in [-0.39, 0.29) is 31.1 Å². The average Bonchev–Trinajstić information content (AvgIpc) is 3.34. The number of esters is 3. The summed E-state index contributed by atoms with van der Waals surface area (Å²) < 4.78 is 16.8. The molecular formula is C62H114O6. The second kappa shape index (κ2) is 57.2. The third kappa shape index (κ3) is 54.6. The molecule has 0 saturated heterocycles. The topological polar surface area (TPSA) is 78.9 Å². The highest BCUT2D eigenvalue weighted by atomic mass is 16.6. The van der Waals surface area contributed by atoms with Crippen molar-refractivity contribution in [3.8, 4) is 0 Å². The Morgan fingerprint density at radius 3 is 0.824 bits per heavy atom. The van der Waals surface area contributed by atoms with E-state index in [9.17, 15) is 14.4 Å². The Kier molecular flexibility index (Phi) is 55.2. The smallest absolute Gasteiger partial charge is 0.306 e. The Balaban J connectivity index is 4.15. The van der Waals surface area contributed by atoms with E-state index >= 15 is 0 Å². The summed E-state index contributed by atoms with van der Waals surface area (Å²) in [6.07, 6.45) is 68.7. The standard InChI is InChI=1S/C62H114O6/c1-4-7-10-13-16-19-21-23-25-27-28-29-30-31-32-33-34-36-37-39-41-43-46-49-52-55-61(64)67-58-59(57-66-60(63)54-51-48-45-18-15-12-9-6-3)68-62(65)56-53-50-47-44-42-40-38-35-26-24-22-20-17-14-11-8-5-2/h21,23-24,26-28,59H,4-20,22,25,29-58H2,1-3H3/b23-21-,26-24-,28-27-. The number of carbonyl (C=O) groups excluding carboxylic acids is 3. The van der Waals surface area contributed by atoms with Crippen molar-refractivity contribution in [3.05, 3.63) is 36.5 Å². The number of ether oxygens (including phenoxy) is 3. The molecule has 68 heavy (non-hydrogen) atoms. The number of rotatable bonds is 55. The van der Waals surface area contributed by atoms with Gasteiger partial charge >= 0.3 is 17.9 Å². The van der Waals surface area contributed by atoms with Crippen LogP contribution in [0.5, 0.6) is 0 Å². The molecule has 0 aliphatic heterocycles. The van der Waals surface area contributed by atoms with E-state index in [0.717, 1.165) is 64.2 Å². The number of hydrogen-bond acceptors (Lipinski definition) is 6. The predicted octanol–water partition coefficient (Wildman–Crippen LogP) is 20.0. The van der Waals surface area contributed by atoms with Gasteiger partial charge in [-0.2, -0.15) is 0 Å². The van der Waals surface area contributed by atoms with Gasteiger partial charge in [0.05, 0.1) is 0 Å². The van der Waals surface area contributed by atoms with Crippen molar-refractivity contribution in [1.29, 1.82) is 0 Å². The summed E-state index contributed by atoms with van der Waals surface area (Å²) in [6, 6.07) is 0. The van der Waals surface area contributed by atoms with E-state index in [4.69, 9.17) is 14.2 Å². The first-order chi connectivity index (χ1) is 33.5. The molecule has 0 aromatic carbocycles. The van der Waals surface area contributed by atoms with Crippen LogP contribution in [-0.2, 0) is 28.6 Å². The maximum atomic E-state index is 12.8. The second-order valence-corrected chi connectivity index (χ2v) is 20.3. The Labute approximate surface area is 423 Å². The monoisotopic (exact) mass is 955 g/mol. The molecule has 0 aromatic heterocycles.